The zero-order valence-corrected chi connectivity index (χ0v) is 21.8. The zero-order valence-electron chi connectivity index (χ0n) is 19.5. The molecule has 0 unspecified atom stereocenters. The molecule has 0 radical (unpaired) electrons. The van der Waals surface area contributed by atoms with Gasteiger partial charge in [-0.15, -0.1) is 24.0 Å². The van der Waals surface area contributed by atoms with Gasteiger partial charge in [0.25, 0.3) is 0 Å². The Bertz CT molecular complexity index is 704. The first-order valence-corrected chi connectivity index (χ1v) is 11.1. The first-order valence-electron chi connectivity index (χ1n) is 11.1. The summed E-state index contributed by atoms with van der Waals surface area (Å²) in [4.78, 5) is 9.94. The molecule has 0 spiro atoms. The topological polar surface area (TPSA) is 58.6 Å². The van der Waals surface area contributed by atoms with Gasteiger partial charge in [0, 0.05) is 50.5 Å². The average molecular weight is 546 g/mol. The number of ether oxygens (including phenoxy) is 3. The molecule has 2 aliphatic rings. The molecule has 0 atom stereocenters. The second kappa shape index (κ2) is 12.7. The molecule has 176 valence electrons. The summed E-state index contributed by atoms with van der Waals surface area (Å²) in [6.07, 6.45) is 4.71. The molecule has 0 aliphatic carbocycles. The Morgan fingerprint density at radius 1 is 1.19 bits per heavy atom. The number of guanidine groups is 1. The minimum absolute atomic E-state index is 0. The molecule has 3 rings (SSSR count). The summed E-state index contributed by atoms with van der Waals surface area (Å²) in [5, 5.41) is 3.47. The first-order chi connectivity index (χ1) is 14.6. The van der Waals surface area contributed by atoms with E-state index < -0.39 is 0 Å². The first kappa shape index (κ1) is 26.0. The summed E-state index contributed by atoms with van der Waals surface area (Å²) in [6, 6.07) is 5.96. The monoisotopic (exact) mass is 546 g/mol. The van der Waals surface area contributed by atoms with Gasteiger partial charge < -0.3 is 24.4 Å². The Morgan fingerprint density at radius 3 is 2.52 bits per heavy atom. The summed E-state index contributed by atoms with van der Waals surface area (Å²) >= 11 is 0. The minimum Gasteiger partial charge on any atom is -0.497 e. The van der Waals surface area contributed by atoms with E-state index in [-0.39, 0.29) is 29.5 Å². The van der Waals surface area contributed by atoms with Gasteiger partial charge in [-0.05, 0) is 57.8 Å². The van der Waals surface area contributed by atoms with Crippen molar-refractivity contribution >= 4 is 29.9 Å². The lowest BCUT2D eigenvalue weighted by molar-refractivity contribution is -0.0139. The predicted octanol–water partition coefficient (Wildman–Crippen LogP) is 3.36. The van der Waals surface area contributed by atoms with Gasteiger partial charge in [0.15, 0.2) is 5.96 Å². The number of methoxy groups -OCH3 is 2. The van der Waals surface area contributed by atoms with Crippen molar-refractivity contribution in [1.82, 2.24) is 15.1 Å². The third-order valence-electron chi connectivity index (χ3n) is 6.32. The predicted molar refractivity (Wildman–Crippen MR) is 136 cm³/mol. The fourth-order valence-electron chi connectivity index (χ4n) is 4.52. The van der Waals surface area contributed by atoms with Crippen LogP contribution in [-0.2, 0) is 11.3 Å². The van der Waals surface area contributed by atoms with Crippen LogP contribution in [0.25, 0.3) is 0 Å². The van der Waals surface area contributed by atoms with Crippen molar-refractivity contribution in [2.75, 3.05) is 60.7 Å². The second-order valence-electron chi connectivity index (χ2n) is 8.23. The van der Waals surface area contributed by atoms with Crippen LogP contribution < -0.4 is 14.8 Å². The van der Waals surface area contributed by atoms with Crippen LogP contribution in [0.5, 0.6) is 11.5 Å². The van der Waals surface area contributed by atoms with Crippen molar-refractivity contribution in [3.63, 3.8) is 0 Å². The summed E-state index contributed by atoms with van der Waals surface area (Å²) < 4.78 is 16.6. The molecule has 7 nitrogen and oxygen atoms in total. The number of halogens is 1. The fraction of sp³-hybridized carbons (Fsp3) is 0.696. The van der Waals surface area contributed by atoms with Crippen molar-refractivity contribution in [2.45, 2.75) is 44.7 Å². The molecule has 2 aliphatic heterocycles. The lowest BCUT2D eigenvalue weighted by Gasteiger charge is -2.43. The van der Waals surface area contributed by atoms with Gasteiger partial charge in [0.2, 0.25) is 0 Å². The Balaban J connectivity index is 0.00000341. The maximum absolute atomic E-state index is 5.68. The van der Waals surface area contributed by atoms with Crippen LogP contribution in [0.15, 0.2) is 23.2 Å². The molecule has 1 aromatic carbocycles. The van der Waals surface area contributed by atoms with Crippen LogP contribution in [0.4, 0.5) is 0 Å². The molecule has 0 bridgehead atoms. The second-order valence-corrected chi connectivity index (χ2v) is 8.23. The molecular weight excluding hydrogens is 507 g/mol. The van der Waals surface area contributed by atoms with Crippen LogP contribution in [0.2, 0.25) is 0 Å². The quantitative estimate of drug-likeness (QED) is 0.307. The van der Waals surface area contributed by atoms with Crippen molar-refractivity contribution in [3.05, 3.63) is 23.8 Å². The van der Waals surface area contributed by atoms with Crippen LogP contribution in [-0.4, -0.2) is 82.0 Å². The van der Waals surface area contributed by atoms with E-state index in [4.69, 9.17) is 19.2 Å². The number of hydrogen-bond donors (Lipinski definition) is 1. The number of nitrogens with one attached hydrogen (secondary N) is 1. The molecule has 2 fully saturated rings. The van der Waals surface area contributed by atoms with E-state index in [9.17, 15) is 0 Å². The van der Waals surface area contributed by atoms with E-state index in [1.165, 1.54) is 25.9 Å². The number of likely N-dealkylation sites (tertiary alicyclic amines) is 1. The van der Waals surface area contributed by atoms with Crippen molar-refractivity contribution < 1.29 is 14.2 Å². The Morgan fingerprint density at radius 2 is 1.90 bits per heavy atom. The smallest absolute Gasteiger partial charge is 0.194 e. The lowest BCUT2D eigenvalue weighted by atomic mass is 9.88. The Kier molecular flexibility index (Phi) is 10.6. The third kappa shape index (κ3) is 6.61. The van der Waals surface area contributed by atoms with Gasteiger partial charge in [-0.3, -0.25) is 9.89 Å². The van der Waals surface area contributed by atoms with E-state index in [1.807, 2.05) is 12.1 Å². The maximum Gasteiger partial charge on any atom is 0.194 e. The molecule has 0 aromatic heterocycles. The summed E-state index contributed by atoms with van der Waals surface area (Å²) in [5.74, 6) is 2.56. The zero-order chi connectivity index (χ0) is 21.4. The maximum atomic E-state index is 5.68. The third-order valence-corrected chi connectivity index (χ3v) is 6.32. The lowest BCUT2D eigenvalue weighted by Crippen LogP contribution is -2.54. The molecule has 31 heavy (non-hydrogen) atoms. The largest absolute Gasteiger partial charge is 0.497 e. The van der Waals surface area contributed by atoms with E-state index in [2.05, 4.69) is 35.2 Å². The normalized spacial score (nSPS) is 18.9. The minimum atomic E-state index is 0. The molecular formula is C23H39IN4O3. The molecule has 1 N–H and O–H groups in total. The van der Waals surface area contributed by atoms with Crippen LogP contribution in [0, 0.1) is 0 Å². The van der Waals surface area contributed by atoms with Gasteiger partial charge >= 0.3 is 0 Å². The van der Waals surface area contributed by atoms with Gasteiger partial charge in [-0.25, -0.2) is 0 Å². The summed E-state index contributed by atoms with van der Waals surface area (Å²) in [6.45, 7) is 8.51. The van der Waals surface area contributed by atoms with Crippen molar-refractivity contribution in [3.8, 4) is 11.5 Å². The van der Waals surface area contributed by atoms with Gasteiger partial charge in [0.1, 0.15) is 11.5 Å². The number of hydrogen-bond acceptors (Lipinski definition) is 5. The number of rotatable bonds is 8. The fourth-order valence-corrected chi connectivity index (χ4v) is 4.52. The molecule has 8 heteroatoms. The highest BCUT2D eigenvalue weighted by Crippen LogP contribution is 2.32. The van der Waals surface area contributed by atoms with Gasteiger partial charge in [-0.2, -0.15) is 0 Å². The van der Waals surface area contributed by atoms with Crippen LogP contribution in [0.3, 0.4) is 0 Å². The Labute approximate surface area is 204 Å². The van der Waals surface area contributed by atoms with Crippen LogP contribution >= 0.6 is 24.0 Å². The van der Waals surface area contributed by atoms with Gasteiger partial charge in [0.05, 0.1) is 20.8 Å². The SMILES string of the molecule is CCNC(=NCC1(N2CCCC2)CCOCC1)N(C)Cc1ccc(OC)cc1OC.I. The van der Waals surface area contributed by atoms with Crippen molar-refractivity contribution in [1.29, 1.82) is 0 Å². The van der Waals surface area contributed by atoms with E-state index in [0.717, 1.165) is 62.2 Å². The Hall–Kier alpha value is -1.26. The van der Waals surface area contributed by atoms with E-state index >= 15 is 0 Å². The molecule has 2 saturated heterocycles. The van der Waals surface area contributed by atoms with Gasteiger partial charge in [-0.1, -0.05) is 0 Å². The average Bonchev–Trinajstić information content (AvgIpc) is 3.33. The number of benzene rings is 1. The number of nitrogens with zero attached hydrogens (tertiary/aromatic N) is 3. The van der Waals surface area contributed by atoms with E-state index in [1.54, 1.807) is 14.2 Å². The highest BCUT2D eigenvalue weighted by molar-refractivity contribution is 14.0. The van der Waals surface area contributed by atoms with Crippen molar-refractivity contribution in [2.24, 2.45) is 4.99 Å². The standard InChI is InChI=1S/C23H38N4O3.HI/c1-5-24-22(26(2)17-19-8-9-20(28-3)16-21(19)29-4)25-18-23(10-14-30-15-11-23)27-12-6-7-13-27;/h8-9,16H,5-7,10-15,17-18H2,1-4H3,(H,24,25);1H. The molecule has 2 heterocycles. The highest BCUT2D eigenvalue weighted by atomic mass is 127. The van der Waals surface area contributed by atoms with E-state index in [0.29, 0.717) is 6.54 Å². The molecule has 0 amide bonds. The summed E-state index contributed by atoms with van der Waals surface area (Å²) in [5.41, 5.74) is 1.24. The number of aliphatic imine (C=N–C) groups is 1. The summed E-state index contributed by atoms with van der Waals surface area (Å²) in [7, 11) is 5.45. The highest BCUT2D eigenvalue weighted by Gasteiger charge is 2.39. The molecule has 1 aromatic rings. The molecule has 0 saturated carbocycles. The van der Waals surface area contributed by atoms with Crippen LogP contribution in [0.1, 0.15) is 38.2 Å².